The van der Waals surface area contributed by atoms with Crippen LogP contribution in [-0.4, -0.2) is 36.6 Å². The van der Waals surface area contributed by atoms with Gasteiger partial charge in [-0.25, -0.2) is 12.7 Å². The lowest BCUT2D eigenvalue weighted by Gasteiger charge is -2.20. The third-order valence-corrected chi connectivity index (χ3v) is 5.07. The van der Waals surface area contributed by atoms with Crippen molar-refractivity contribution in [3.05, 3.63) is 35.4 Å². The standard InChI is InChI=1S/C15H23NO4S/c1-15(2,3)13-7-5-12(6-8-13)11-16(4)21(19,20)10-9-14(17)18/h5-8H,9-11H2,1-4H3,(H,17,18). The van der Waals surface area contributed by atoms with Gasteiger partial charge in [0.2, 0.25) is 10.0 Å². The van der Waals surface area contributed by atoms with E-state index in [1.807, 2.05) is 24.3 Å². The first-order chi connectivity index (χ1) is 9.52. The van der Waals surface area contributed by atoms with Crippen LogP contribution >= 0.6 is 0 Å². The van der Waals surface area contributed by atoms with Gasteiger partial charge in [-0.05, 0) is 16.5 Å². The molecule has 0 saturated carbocycles. The number of hydrogen-bond acceptors (Lipinski definition) is 3. The first kappa shape index (κ1) is 17.7. The average molecular weight is 313 g/mol. The summed E-state index contributed by atoms with van der Waals surface area (Å²) in [6, 6.07) is 7.80. The van der Waals surface area contributed by atoms with E-state index in [1.54, 1.807) is 0 Å². The average Bonchev–Trinajstić information content (AvgIpc) is 2.36. The number of rotatable bonds is 6. The topological polar surface area (TPSA) is 74.7 Å². The minimum Gasteiger partial charge on any atom is -0.481 e. The van der Waals surface area contributed by atoms with E-state index in [1.165, 1.54) is 16.9 Å². The van der Waals surface area contributed by atoms with Crippen LogP contribution in [-0.2, 0) is 26.8 Å². The molecule has 1 aromatic carbocycles. The smallest absolute Gasteiger partial charge is 0.304 e. The molecule has 1 N–H and O–H groups in total. The lowest BCUT2D eigenvalue weighted by Crippen LogP contribution is -2.29. The van der Waals surface area contributed by atoms with Crippen molar-refractivity contribution in [2.45, 2.75) is 39.2 Å². The Morgan fingerprint density at radius 3 is 2.14 bits per heavy atom. The van der Waals surface area contributed by atoms with E-state index in [9.17, 15) is 13.2 Å². The molecular formula is C15H23NO4S. The van der Waals surface area contributed by atoms with Gasteiger partial charge in [-0.3, -0.25) is 4.79 Å². The molecular weight excluding hydrogens is 290 g/mol. The van der Waals surface area contributed by atoms with Crippen molar-refractivity contribution in [3.63, 3.8) is 0 Å². The second-order valence-corrected chi connectivity index (χ2v) is 8.36. The molecule has 21 heavy (non-hydrogen) atoms. The highest BCUT2D eigenvalue weighted by molar-refractivity contribution is 7.89. The van der Waals surface area contributed by atoms with Gasteiger partial charge in [0, 0.05) is 13.6 Å². The molecule has 0 amide bonds. The summed E-state index contributed by atoms with van der Waals surface area (Å²) in [5, 5.41) is 8.57. The van der Waals surface area contributed by atoms with E-state index in [0.717, 1.165) is 5.56 Å². The molecule has 6 heteroatoms. The number of nitrogens with zero attached hydrogens (tertiary/aromatic N) is 1. The SMILES string of the molecule is CN(Cc1ccc(C(C)(C)C)cc1)S(=O)(=O)CCC(=O)O. The Bertz CT molecular complexity index is 585. The molecule has 0 aliphatic carbocycles. The van der Waals surface area contributed by atoms with Gasteiger partial charge in [0.15, 0.2) is 0 Å². The molecule has 1 aromatic rings. The number of benzene rings is 1. The maximum Gasteiger partial charge on any atom is 0.304 e. The van der Waals surface area contributed by atoms with Crippen LogP contribution in [0.4, 0.5) is 0 Å². The summed E-state index contributed by atoms with van der Waals surface area (Å²) in [4.78, 5) is 10.5. The Hall–Kier alpha value is -1.40. The molecule has 0 fully saturated rings. The maximum absolute atomic E-state index is 11.9. The van der Waals surface area contributed by atoms with Gasteiger partial charge >= 0.3 is 5.97 Å². The minimum absolute atomic E-state index is 0.0536. The zero-order valence-corrected chi connectivity index (χ0v) is 13.8. The minimum atomic E-state index is -3.54. The Morgan fingerprint density at radius 1 is 1.19 bits per heavy atom. The van der Waals surface area contributed by atoms with E-state index >= 15 is 0 Å². The molecule has 0 bridgehead atoms. The van der Waals surface area contributed by atoms with Crippen molar-refractivity contribution in [2.24, 2.45) is 0 Å². The zero-order valence-electron chi connectivity index (χ0n) is 13.0. The quantitative estimate of drug-likeness (QED) is 0.874. The first-order valence-corrected chi connectivity index (χ1v) is 8.38. The number of carboxylic acid groups (broad SMARTS) is 1. The number of carboxylic acids is 1. The highest BCUT2D eigenvalue weighted by atomic mass is 32.2. The Morgan fingerprint density at radius 2 is 1.71 bits per heavy atom. The van der Waals surface area contributed by atoms with E-state index in [2.05, 4.69) is 20.8 Å². The van der Waals surface area contributed by atoms with Crippen molar-refractivity contribution in [1.29, 1.82) is 0 Å². The molecule has 0 atom stereocenters. The van der Waals surface area contributed by atoms with Crippen molar-refractivity contribution < 1.29 is 18.3 Å². The summed E-state index contributed by atoms with van der Waals surface area (Å²) < 4.78 is 25.1. The lowest BCUT2D eigenvalue weighted by atomic mass is 9.87. The Balaban J connectivity index is 2.74. The summed E-state index contributed by atoms with van der Waals surface area (Å²) in [5.74, 6) is -1.49. The van der Waals surface area contributed by atoms with Gasteiger partial charge in [-0.2, -0.15) is 0 Å². The normalized spacial score (nSPS) is 12.6. The van der Waals surface area contributed by atoms with Crippen molar-refractivity contribution in [3.8, 4) is 0 Å². The molecule has 5 nitrogen and oxygen atoms in total. The number of carbonyl (C=O) groups is 1. The van der Waals surface area contributed by atoms with E-state index in [4.69, 9.17) is 5.11 Å². The third-order valence-electron chi connectivity index (χ3n) is 3.27. The molecule has 0 aromatic heterocycles. The molecule has 0 radical (unpaired) electrons. The molecule has 0 aliphatic rings. The predicted octanol–water partition coefficient (Wildman–Crippen LogP) is 2.22. The third kappa shape index (κ3) is 5.47. The molecule has 0 unspecified atom stereocenters. The van der Waals surface area contributed by atoms with Crippen LogP contribution in [0, 0.1) is 0 Å². The van der Waals surface area contributed by atoms with E-state index in [0.29, 0.717) is 0 Å². The van der Waals surface area contributed by atoms with Crippen LogP contribution in [0.3, 0.4) is 0 Å². The summed E-state index contributed by atoms with van der Waals surface area (Å²) in [6.07, 6.45) is -0.379. The Labute approximate surface area is 126 Å². The predicted molar refractivity (Wildman–Crippen MR) is 82.6 cm³/mol. The summed E-state index contributed by atoms with van der Waals surface area (Å²) in [7, 11) is -2.07. The van der Waals surface area contributed by atoms with E-state index in [-0.39, 0.29) is 24.1 Å². The Kier molecular flexibility index (Phi) is 5.53. The van der Waals surface area contributed by atoms with Crippen LogP contribution in [0.2, 0.25) is 0 Å². The molecule has 118 valence electrons. The molecule has 0 aliphatic heterocycles. The van der Waals surface area contributed by atoms with Crippen LogP contribution in [0.15, 0.2) is 24.3 Å². The second kappa shape index (κ2) is 6.58. The van der Waals surface area contributed by atoms with Crippen molar-refractivity contribution in [1.82, 2.24) is 4.31 Å². The van der Waals surface area contributed by atoms with Gasteiger partial charge in [0.1, 0.15) is 0 Å². The fourth-order valence-corrected chi connectivity index (χ4v) is 2.93. The summed E-state index contributed by atoms with van der Waals surface area (Å²) in [6.45, 7) is 6.59. The first-order valence-electron chi connectivity index (χ1n) is 6.77. The van der Waals surface area contributed by atoms with Crippen LogP contribution in [0.5, 0.6) is 0 Å². The molecule has 1 rings (SSSR count). The van der Waals surface area contributed by atoms with Crippen LogP contribution in [0.25, 0.3) is 0 Å². The highest BCUT2D eigenvalue weighted by Crippen LogP contribution is 2.22. The lowest BCUT2D eigenvalue weighted by molar-refractivity contribution is -0.136. The van der Waals surface area contributed by atoms with Crippen LogP contribution < -0.4 is 0 Å². The van der Waals surface area contributed by atoms with Crippen molar-refractivity contribution in [2.75, 3.05) is 12.8 Å². The largest absolute Gasteiger partial charge is 0.481 e. The van der Waals surface area contributed by atoms with Crippen LogP contribution in [0.1, 0.15) is 38.3 Å². The van der Waals surface area contributed by atoms with Gasteiger partial charge < -0.3 is 5.11 Å². The van der Waals surface area contributed by atoms with Gasteiger partial charge in [0.25, 0.3) is 0 Å². The second-order valence-electron chi connectivity index (χ2n) is 6.16. The number of hydrogen-bond donors (Lipinski definition) is 1. The monoisotopic (exact) mass is 313 g/mol. The summed E-state index contributed by atoms with van der Waals surface area (Å²) >= 11 is 0. The highest BCUT2D eigenvalue weighted by Gasteiger charge is 2.20. The molecule has 0 heterocycles. The van der Waals surface area contributed by atoms with E-state index < -0.39 is 16.0 Å². The fourth-order valence-electron chi connectivity index (χ4n) is 1.84. The van der Waals surface area contributed by atoms with Gasteiger partial charge in [-0.1, -0.05) is 45.0 Å². The number of sulfonamides is 1. The summed E-state index contributed by atoms with van der Waals surface area (Å²) in [5.41, 5.74) is 2.12. The van der Waals surface area contributed by atoms with Gasteiger partial charge in [-0.15, -0.1) is 0 Å². The molecule has 0 spiro atoms. The fraction of sp³-hybridized carbons (Fsp3) is 0.533. The van der Waals surface area contributed by atoms with Gasteiger partial charge in [0.05, 0.1) is 12.2 Å². The van der Waals surface area contributed by atoms with Crippen molar-refractivity contribution >= 4 is 16.0 Å². The zero-order chi connectivity index (χ0) is 16.3. The maximum atomic E-state index is 11.9. The molecule has 0 saturated heterocycles. The number of aliphatic carboxylic acids is 1.